The third-order valence-corrected chi connectivity index (χ3v) is 2.82. The Kier molecular flexibility index (Phi) is 2.91. The van der Waals surface area contributed by atoms with Crippen molar-refractivity contribution in [3.63, 3.8) is 0 Å². The molecule has 76 valence electrons. The molecule has 0 atom stereocenters. The number of hydrogen-bond acceptors (Lipinski definition) is 3. The zero-order valence-electron chi connectivity index (χ0n) is 7.80. The third kappa shape index (κ3) is 2.12. The lowest BCUT2D eigenvalue weighted by Gasteiger charge is -2.05. The molecule has 0 unspecified atom stereocenters. The first-order valence-corrected chi connectivity index (χ1v) is 5.17. The van der Waals surface area contributed by atoms with Crippen LogP contribution in [0.4, 0.5) is 0 Å². The minimum absolute atomic E-state index is 0.339. The minimum atomic E-state index is 0.339. The largest absolute Gasteiger partial charge is 0.307 e. The van der Waals surface area contributed by atoms with Gasteiger partial charge in [0.1, 0.15) is 6.33 Å². The van der Waals surface area contributed by atoms with Gasteiger partial charge in [-0.05, 0) is 11.6 Å². The number of aromatic nitrogens is 3. The fourth-order valence-corrected chi connectivity index (χ4v) is 1.70. The van der Waals surface area contributed by atoms with Gasteiger partial charge in [-0.15, -0.1) is 10.2 Å². The zero-order chi connectivity index (χ0) is 10.7. The predicted molar refractivity (Wildman–Crippen MR) is 58.7 cm³/mol. The summed E-state index contributed by atoms with van der Waals surface area (Å²) < 4.78 is 2.71. The van der Waals surface area contributed by atoms with E-state index in [1.54, 1.807) is 10.9 Å². The molecule has 2 rings (SSSR count). The summed E-state index contributed by atoms with van der Waals surface area (Å²) in [6.07, 6.45) is 2.24. The van der Waals surface area contributed by atoms with E-state index in [1.165, 1.54) is 0 Å². The summed E-state index contributed by atoms with van der Waals surface area (Å²) >= 11 is 3.45. The molecule has 1 heterocycles. The normalized spacial score (nSPS) is 10.2. The smallest absolute Gasteiger partial charge is 0.196 e. The van der Waals surface area contributed by atoms with Crippen molar-refractivity contribution in [3.05, 3.63) is 46.5 Å². The van der Waals surface area contributed by atoms with Gasteiger partial charge in [-0.2, -0.15) is 0 Å². The standard InChI is InChI=1S/C10H8BrN3O/c11-9-4-2-1-3-8(9)5-14-7-12-13-10(14)6-15/h1-4,6-7H,5H2. The summed E-state index contributed by atoms with van der Waals surface area (Å²) in [5, 5.41) is 7.38. The maximum atomic E-state index is 10.6. The molecule has 1 aromatic heterocycles. The fraction of sp³-hybridized carbons (Fsp3) is 0.100. The number of carbonyl (C=O) groups is 1. The number of benzene rings is 1. The number of carbonyl (C=O) groups excluding carboxylic acids is 1. The molecule has 0 aliphatic heterocycles. The van der Waals surface area contributed by atoms with Crippen LogP contribution in [0.3, 0.4) is 0 Å². The molecule has 0 N–H and O–H groups in total. The van der Waals surface area contributed by atoms with E-state index < -0.39 is 0 Å². The first-order valence-electron chi connectivity index (χ1n) is 4.37. The molecule has 0 spiro atoms. The third-order valence-electron chi connectivity index (χ3n) is 2.05. The summed E-state index contributed by atoms with van der Waals surface area (Å²) in [6.45, 7) is 0.586. The van der Waals surface area contributed by atoms with Gasteiger partial charge in [0.25, 0.3) is 0 Å². The van der Waals surface area contributed by atoms with E-state index in [-0.39, 0.29) is 0 Å². The number of rotatable bonds is 3. The van der Waals surface area contributed by atoms with E-state index in [4.69, 9.17) is 0 Å². The monoisotopic (exact) mass is 265 g/mol. The predicted octanol–water partition coefficient (Wildman–Crippen LogP) is 1.90. The molecule has 0 saturated heterocycles. The van der Waals surface area contributed by atoms with Crippen molar-refractivity contribution in [1.82, 2.24) is 14.8 Å². The molecule has 5 heteroatoms. The molecule has 1 aromatic carbocycles. The Morgan fingerprint density at radius 2 is 2.20 bits per heavy atom. The molecule has 0 amide bonds. The van der Waals surface area contributed by atoms with E-state index >= 15 is 0 Å². The van der Waals surface area contributed by atoms with Gasteiger partial charge >= 0.3 is 0 Å². The highest BCUT2D eigenvalue weighted by atomic mass is 79.9. The van der Waals surface area contributed by atoms with Crippen LogP contribution in [0, 0.1) is 0 Å². The maximum Gasteiger partial charge on any atom is 0.196 e. The van der Waals surface area contributed by atoms with Gasteiger partial charge in [-0.1, -0.05) is 34.1 Å². The van der Waals surface area contributed by atoms with E-state index in [0.717, 1.165) is 10.0 Å². The van der Waals surface area contributed by atoms with Crippen molar-refractivity contribution in [3.8, 4) is 0 Å². The lowest BCUT2D eigenvalue weighted by atomic mass is 10.2. The van der Waals surface area contributed by atoms with Crippen molar-refractivity contribution in [2.24, 2.45) is 0 Å². The molecule has 0 aliphatic rings. The van der Waals surface area contributed by atoms with Crippen molar-refractivity contribution in [1.29, 1.82) is 0 Å². The van der Waals surface area contributed by atoms with Gasteiger partial charge in [0.05, 0.1) is 6.54 Å². The van der Waals surface area contributed by atoms with Crippen molar-refractivity contribution in [2.45, 2.75) is 6.54 Å². The van der Waals surface area contributed by atoms with Crippen LogP contribution in [-0.2, 0) is 6.54 Å². The maximum absolute atomic E-state index is 10.6. The van der Waals surface area contributed by atoms with Gasteiger partial charge in [0.2, 0.25) is 0 Å². The highest BCUT2D eigenvalue weighted by Crippen LogP contribution is 2.16. The van der Waals surface area contributed by atoms with E-state index in [9.17, 15) is 4.79 Å². The number of nitrogens with zero attached hydrogens (tertiary/aromatic N) is 3. The van der Waals surface area contributed by atoms with Crippen molar-refractivity contribution < 1.29 is 4.79 Å². The average molecular weight is 266 g/mol. The van der Waals surface area contributed by atoms with Crippen LogP contribution in [0.5, 0.6) is 0 Å². The molecule has 0 radical (unpaired) electrons. The topological polar surface area (TPSA) is 47.8 Å². The SMILES string of the molecule is O=Cc1nncn1Cc1ccccc1Br. The second kappa shape index (κ2) is 4.35. The van der Waals surface area contributed by atoms with E-state index in [0.29, 0.717) is 18.7 Å². The van der Waals surface area contributed by atoms with Gasteiger partial charge in [-0.3, -0.25) is 4.79 Å². The summed E-state index contributed by atoms with van der Waals surface area (Å²) in [5.41, 5.74) is 1.08. The van der Waals surface area contributed by atoms with Gasteiger partial charge in [-0.25, -0.2) is 0 Å². The molecule has 0 fully saturated rings. The molecule has 0 saturated carbocycles. The number of hydrogen-bond donors (Lipinski definition) is 0. The Morgan fingerprint density at radius 3 is 2.93 bits per heavy atom. The Bertz CT molecular complexity index is 481. The molecule has 4 nitrogen and oxygen atoms in total. The first kappa shape index (κ1) is 10.0. The Morgan fingerprint density at radius 1 is 1.40 bits per heavy atom. The van der Waals surface area contributed by atoms with Crippen LogP contribution in [0.15, 0.2) is 35.1 Å². The molecule has 15 heavy (non-hydrogen) atoms. The van der Waals surface area contributed by atoms with Crippen LogP contribution >= 0.6 is 15.9 Å². The summed E-state index contributed by atoms with van der Waals surface area (Å²) in [5.74, 6) is 0.339. The summed E-state index contributed by atoms with van der Waals surface area (Å²) in [4.78, 5) is 10.6. The van der Waals surface area contributed by atoms with Crippen LogP contribution in [0.2, 0.25) is 0 Å². The first-order chi connectivity index (χ1) is 7.31. The fourth-order valence-electron chi connectivity index (χ4n) is 1.29. The Hall–Kier alpha value is -1.49. The van der Waals surface area contributed by atoms with Crippen LogP contribution < -0.4 is 0 Å². The van der Waals surface area contributed by atoms with Crippen LogP contribution in [-0.4, -0.2) is 21.1 Å². The molecular weight excluding hydrogens is 258 g/mol. The zero-order valence-corrected chi connectivity index (χ0v) is 9.39. The molecular formula is C10H8BrN3O. The number of aldehydes is 1. The molecule has 0 aliphatic carbocycles. The molecule has 0 bridgehead atoms. The highest BCUT2D eigenvalue weighted by molar-refractivity contribution is 9.10. The Labute approximate surface area is 95.1 Å². The Balaban J connectivity index is 2.29. The second-order valence-electron chi connectivity index (χ2n) is 3.03. The summed E-state index contributed by atoms with van der Waals surface area (Å²) in [6, 6.07) is 7.84. The lowest BCUT2D eigenvalue weighted by Crippen LogP contribution is -2.03. The second-order valence-corrected chi connectivity index (χ2v) is 3.88. The number of halogens is 1. The summed E-state index contributed by atoms with van der Waals surface area (Å²) in [7, 11) is 0. The molecule has 2 aromatic rings. The quantitative estimate of drug-likeness (QED) is 0.797. The van der Waals surface area contributed by atoms with Gasteiger partial charge < -0.3 is 4.57 Å². The lowest BCUT2D eigenvalue weighted by molar-refractivity contribution is 0.111. The minimum Gasteiger partial charge on any atom is -0.307 e. The average Bonchev–Trinajstić information content (AvgIpc) is 2.69. The van der Waals surface area contributed by atoms with Gasteiger partial charge in [0, 0.05) is 4.47 Å². The van der Waals surface area contributed by atoms with Crippen LogP contribution in [0.25, 0.3) is 0 Å². The van der Waals surface area contributed by atoms with Crippen LogP contribution in [0.1, 0.15) is 16.2 Å². The van der Waals surface area contributed by atoms with Gasteiger partial charge in [0.15, 0.2) is 12.1 Å². The van der Waals surface area contributed by atoms with E-state index in [1.807, 2.05) is 24.3 Å². The van der Waals surface area contributed by atoms with Crippen molar-refractivity contribution in [2.75, 3.05) is 0 Å². The van der Waals surface area contributed by atoms with Crippen molar-refractivity contribution >= 4 is 22.2 Å². The van der Waals surface area contributed by atoms with E-state index in [2.05, 4.69) is 26.1 Å². The highest BCUT2D eigenvalue weighted by Gasteiger charge is 2.04.